The number of methoxy groups -OCH3 is 1. The fourth-order valence-corrected chi connectivity index (χ4v) is 1.96. The van der Waals surface area contributed by atoms with Crippen LogP contribution in [-0.2, 0) is 5.54 Å². The van der Waals surface area contributed by atoms with Crippen LogP contribution in [0.4, 0.5) is 0 Å². The lowest BCUT2D eigenvalue weighted by atomic mass is 9.72. The average molecular weight is 203 g/mol. The van der Waals surface area contributed by atoms with Crippen LogP contribution in [0, 0.1) is 0 Å². The van der Waals surface area contributed by atoms with E-state index in [9.17, 15) is 0 Å². The lowest BCUT2D eigenvalue weighted by Gasteiger charge is -2.37. The van der Waals surface area contributed by atoms with Gasteiger partial charge in [-0.3, -0.25) is 0 Å². The van der Waals surface area contributed by atoms with Crippen molar-refractivity contribution in [1.29, 1.82) is 0 Å². The highest BCUT2D eigenvalue weighted by Crippen LogP contribution is 2.45. The zero-order valence-electron chi connectivity index (χ0n) is 8.68. The molecule has 15 heavy (non-hydrogen) atoms. The van der Waals surface area contributed by atoms with Crippen LogP contribution < -0.4 is 4.74 Å². The standard InChI is InChI=1S/C11H13N3O/c1-15-10-5-2-4-9(8-10)11(13-14-12)6-3-7-11/h2,4-5,8H,3,6-7H2,1H3. The summed E-state index contributed by atoms with van der Waals surface area (Å²) in [6.45, 7) is 0. The van der Waals surface area contributed by atoms with Gasteiger partial charge in [-0.15, -0.1) is 0 Å². The van der Waals surface area contributed by atoms with E-state index in [4.69, 9.17) is 10.3 Å². The first-order valence-electron chi connectivity index (χ1n) is 5.01. The Balaban J connectivity index is 2.38. The smallest absolute Gasteiger partial charge is 0.119 e. The fraction of sp³-hybridized carbons (Fsp3) is 0.455. The molecule has 0 unspecified atom stereocenters. The third-order valence-corrected chi connectivity index (χ3v) is 3.02. The molecule has 0 radical (unpaired) electrons. The van der Waals surface area contributed by atoms with Crippen molar-refractivity contribution in [1.82, 2.24) is 0 Å². The summed E-state index contributed by atoms with van der Waals surface area (Å²) in [4.78, 5) is 2.95. The summed E-state index contributed by atoms with van der Waals surface area (Å²) in [5, 5.41) is 3.93. The minimum atomic E-state index is -0.316. The largest absolute Gasteiger partial charge is 0.497 e. The average Bonchev–Trinajstić information content (AvgIpc) is 2.23. The molecule has 0 saturated heterocycles. The van der Waals surface area contributed by atoms with E-state index in [0.717, 1.165) is 30.6 Å². The van der Waals surface area contributed by atoms with Crippen molar-refractivity contribution in [3.05, 3.63) is 40.3 Å². The molecule has 1 aliphatic carbocycles. The zero-order valence-corrected chi connectivity index (χ0v) is 8.68. The molecule has 4 heteroatoms. The van der Waals surface area contributed by atoms with E-state index in [1.54, 1.807) is 7.11 Å². The summed E-state index contributed by atoms with van der Waals surface area (Å²) in [5.41, 5.74) is 9.33. The molecular formula is C11H13N3O. The first kappa shape index (κ1) is 9.87. The molecule has 1 aromatic rings. The molecule has 78 valence electrons. The van der Waals surface area contributed by atoms with Crippen molar-refractivity contribution in [2.45, 2.75) is 24.8 Å². The van der Waals surface area contributed by atoms with E-state index in [1.807, 2.05) is 24.3 Å². The molecule has 0 amide bonds. The van der Waals surface area contributed by atoms with Gasteiger partial charge < -0.3 is 4.74 Å². The quantitative estimate of drug-likeness (QED) is 0.422. The summed E-state index contributed by atoms with van der Waals surface area (Å²) in [5.74, 6) is 0.812. The SMILES string of the molecule is COc1cccc(C2(N=[N+]=[N-])CCC2)c1. The summed E-state index contributed by atoms with van der Waals surface area (Å²) in [6, 6.07) is 7.78. The number of rotatable bonds is 3. The number of azide groups is 1. The van der Waals surface area contributed by atoms with E-state index >= 15 is 0 Å². The Bertz CT molecular complexity index is 406. The summed E-state index contributed by atoms with van der Waals surface area (Å²) >= 11 is 0. The van der Waals surface area contributed by atoms with Crippen LogP contribution in [0.1, 0.15) is 24.8 Å². The molecule has 0 bridgehead atoms. The van der Waals surface area contributed by atoms with Crippen LogP contribution in [0.5, 0.6) is 5.75 Å². The van der Waals surface area contributed by atoms with Crippen molar-refractivity contribution in [2.24, 2.45) is 5.11 Å². The Morgan fingerprint density at radius 2 is 2.27 bits per heavy atom. The molecule has 0 aromatic heterocycles. The van der Waals surface area contributed by atoms with Crippen LogP contribution in [0.3, 0.4) is 0 Å². The number of nitrogens with zero attached hydrogens (tertiary/aromatic N) is 3. The molecule has 2 rings (SSSR count). The van der Waals surface area contributed by atoms with Gasteiger partial charge in [0.25, 0.3) is 0 Å². The van der Waals surface area contributed by atoms with Crippen LogP contribution in [0.2, 0.25) is 0 Å². The maximum Gasteiger partial charge on any atom is 0.119 e. The minimum absolute atomic E-state index is 0.316. The van der Waals surface area contributed by atoms with E-state index in [0.29, 0.717) is 0 Å². The van der Waals surface area contributed by atoms with Gasteiger partial charge in [0.05, 0.1) is 12.6 Å². The third-order valence-electron chi connectivity index (χ3n) is 3.02. The van der Waals surface area contributed by atoms with E-state index in [-0.39, 0.29) is 5.54 Å². The maximum absolute atomic E-state index is 8.58. The maximum atomic E-state index is 8.58. The van der Waals surface area contributed by atoms with Gasteiger partial charge in [-0.05, 0) is 36.1 Å². The monoisotopic (exact) mass is 203 g/mol. The zero-order chi connectivity index (χ0) is 10.7. The Labute approximate surface area is 88.5 Å². The number of ether oxygens (including phenoxy) is 1. The van der Waals surface area contributed by atoms with Gasteiger partial charge in [-0.1, -0.05) is 23.7 Å². The highest BCUT2D eigenvalue weighted by molar-refractivity contribution is 5.35. The highest BCUT2D eigenvalue weighted by Gasteiger charge is 2.37. The molecule has 1 aromatic carbocycles. The van der Waals surface area contributed by atoms with Crippen molar-refractivity contribution in [2.75, 3.05) is 7.11 Å². The van der Waals surface area contributed by atoms with Crippen molar-refractivity contribution >= 4 is 0 Å². The van der Waals surface area contributed by atoms with E-state index in [1.165, 1.54) is 0 Å². The highest BCUT2D eigenvalue weighted by atomic mass is 16.5. The molecule has 1 saturated carbocycles. The van der Waals surface area contributed by atoms with Crippen LogP contribution >= 0.6 is 0 Å². The third kappa shape index (κ3) is 1.64. The second-order valence-corrected chi connectivity index (χ2v) is 3.81. The fourth-order valence-electron chi connectivity index (χ4n) is 1.96. The van der Waals surface area contributed by atoms with Gasteiger partial charge in [0, 0.05) is 4.91 Å². The van der Waals surface area contributed by atoms with Gasteiger partial charge >= 0.3 is 0 Å². The number of hydrogen-bond donors (Lipinski definition) is 0. The summed E-state index contributed by atoms with van der Waals surface area (Å²) in [6.07, 6.45) is 2.99. The van der Waals surface area contributed by atoms with E-state index in [2.05, 4.69) is 10.0 Å². The van der Waals surface area contributed by atoms with Crippen LogP contribution in [0.25, 0.3) is 10.4 Å². The van der Waals surface area contributed by atoms with E-state index < -0.39 is 0 Å². The Morgan fingerprint density at radius 1 is 1.47 bits per heavy atom. The lowest BCUT2D eigenvalue weighted by Crippen LogP contribution is -2.31. The van der Waals surface area contributed by atoms with Crippen molar-refractivity contribution in [3.63, 3.8) is 0 Å². The first-order chi connectivity index (χ1) is 7.30. The molecule has 0 aliphatic heterocycles. The van der Waals surface area contributed by atoms with Gasteiger partial charge in [0.1, 0.15) is 5.75 Å². The summed E-state index contributed by atoms with van der Waals surface area (Å²) < 4.78 is 5.16. The van der Waals surface area contributed by atoms with Gasteiger partial charge in [0.15, 0.2) is 0 Å². The minimum Gasteiger partial charge on any atom is -0.497 e. The molecule has 0 atom stereocenters. The molecule has 4 nitrogen and oxygen atoms in total. The first-order valence-corrected chi connectivity index (χ1v) is 5.01. The number of hydrogen-bond acceptors (Lipinski definition) is 2. The van der Waals surface area contributed by atoms with Gasteiger partial charge in [-0.25, -0.2) is 0 Å². The molecule has 0 heterocycles. The molecular weight excluding hydrogens is 190 g/mol. The lowest BCUT2D eigenvalue weighted by molar-refractivity contribution is 0.252. The Kier molecular flexibility index (Phi) is 2.52. The second kappa shape index (κ2) is 3.83. The topological polar surface area (TPSA) is 58.0 Å². The second-order valence-electron chi connectivity index (χ2n) is 3.81. The predicted molar refractivity (Wildman–Crippen MR) is 57.7 cm³/mol. The van der Waals surface area contributed by atoms with Crippen LogP contribution in [0.15, 0.2) is 29.4 Å². The molecule has 1 fully saturated rings. The van der Waals surface area contributed by atoms with Crippen LogP contribution in [-0.4, -0.2) is 7.11 Å². The van der Waals surface area contributed by atoms with Gasteiger partial charge in [-0.2, -0.15) is 0 Å². The molecule has 0 N–H and O–H groups in total. The normalized spacial score (nSPS) is 17.4. The predicted octanol–water partition coefficient (Wildman–Crippen LogP) is 3.38. The molecule has 1 aliphatic rings. The van der Waals surface area contributed by atoms with Gasteiger partial charge in [0.2, 0.25) is 0 Å². The Hall–Kier alpha value is -1.67. The Morgan fingerprint density at radius 3 is 2.80 bits per heavy atom. The van der Waals surface area contributed by atoms with Crippen molar-refractivity contribution in [3.8, 4) is 5.75 Å². The number of benzene rings is 1. The van der Waals surface area contributed by atoms with Crippen molar-refractivity contribution < 1.29 is 4.74 Å². The molecule has 0 spiro atoms. The summed E-state index contributed by atoms with van der Waals surface area (Å²) in [7, 11) is 1.64.